The molecule has 0 unspecified atom stereocenters. The number of nitrogens with zero attached hydrogens (tertiary/aromatic N) is 1. The molecular weight excluding hydrogens is 246 g/mol. The van der Waals surface area contributed by atoms with Gasteiger partial charge < -0.3 is 9.47 Å². The van der Waals surface area contributed by atoms with Crippen LogP contribution < -0.4 is 0 Å². The third-order valence-electron chi connectivity index (χ3n) is 2.29. The number of carbonyl (C=O) groups excluding carboxylic acids is 2. The van der Waals surface area contributed by atoms with Crippen molar-refractivity contribution in [2.24, 2.45) is 0 Å². The zero-order valence-electron chi connectivity index (χ0n) is 11.1. The second-order valence-corrected chi connectivity index (χ2v) is 3.67. The molecule has 0 N–H and O–H groups in total. The molecule has 0 atom stereocenters. The molecule has 19 heavy (non-hydrogen) atoms. The van der Waals surface area contributed by atoms with Crippen LogP contribution in [0.25, 0.3) is 0 Å². The molecule has 5 nitrogen and oxygen atoms in total. The van der Waals surface area contributed by atoms with E-state index in [0.29, 0.717) is 6.42 Å². The van der Waals surface area contributed by atoms with Gasteiger partial charge in [-0.25, -0.2) is 14.6 Å². The van der Waals surface area contributed by atoms with Gasteiger partial charge in [-0.2, -0.15) is 0 Å². The maximum absolute atomic E-state index is 11.8. The van der Waals surface area contributed by atoms with Crippen molar-refractivity contribution < 1.29 is 19.1 Å². The summed E-state index contributed by atoms with van der Waals surface area (Å²) in [5, 5.41) is 0. The highest BCUT2D eigenvalue weighted by molar-refractivity contribution is 6.01. The number of hydrogen-bond donors (Lipinski definition) is 0. The van der Waals surface area contributed by atoms with E-state index < -0.39 is 11.9 Å². The lowest BCUT2D eigenvalue weighted by atomic mass is 10.1. The number of allylic oxidation sites excluding steroid dienone is 1. The number of carbonyl (C=O) groups is 2. The predicted molar refractivity (Wildman–Crippen MR) is 70.1 cm³/mol. The van der Waals surface area contributed by atoms with Crippen LogP contribution in [0.3, 0.4) is 0 Å². The van der Waals surface area contributed by atoms with Gasteiger partial charge in [-0.15, -0.1) is 6.58 Å². The predicted octanol–water partition coefficient (Wildman–Crippen LogP) is 2.16. The lowest BCUT2D eigenvalue weighted by molar-refractivity contribution is 0.0473. The molecule has 0 saturated heterocycles. The highest BCUT2D eigenvalue weighted by atomic mass is 16.5. The summed E-state index contributed by atoms with van der Waals surface area (Å²) in [5.41, 5.74) is 0.888. The molecule has 5 heteroatoms. The first kappa shape index (κ1) is 14.9. The summed E-state index contributed by atoms with van der Waals surface area (Å²) in [6.07, 6.45) is 3.77. The number of ether oxygens (including phenoxy) is 2. The van der Waals surface area contributed by atoms with Crippen LogP contribution in [-0.2, 0) is 15.9 Å². The Bertz CT molecular complexity index is 482. The van der Waals surface area contributed by atoms with Gasteiger partial charge in [0.15, 0.2) is 5.69 Å². The van der Waals surface area contributed by atoms with Crippen LogP contribution >= 0.6 is 0 Å². The molecule has 0 aliphatic heterocycles. The molecular formula is C14H17NO4. The van der Waals surface area contributed by atoms with E-state index in [1.165, 1.54) is 6.20 Å². The summed E-state index contributed by atoms with van der Waals surface area (Å²) in [6, 6.07) is 1.58. The Morgan fingerprint density at radius 1 is 1.26 bits per heavy atom. The van der Waals surface area contributed by atoms with Gasteiger partial charge in [0.1, 0.15) is 0 Å². The molecule has 1 aromatic heterocycles. The Labute approximate surface area is 112 Å². The standard InChI is InChI=1S/C14H17NO4/c1-4-7-10-8-11(13(16)18-5-2)12(15-9-10)14(17)19-6-3/h4,8-9H,1,5-7H2,2-3H3. The maximum Gasteiger partial charge on any atom is 0.357 e. The van der Waals surface area contributed by atoms with Crippen molar-refractivity contribution in [3.05, 3.63) is 41.7 Å². The number of pyridine rings is 1. The van der Waals surface area contributed by atoms with Crippen molar-refractivity contribution in [1.82, 2.24) is 4.98 Å². The third-order valence-corrected chi connectivity index (χ3v) is 2.29. The van der Waals surface area contributed by atoms with E-state index in [1.54, 1.807) is 26.0 Å². The lowest BCUT2D eigenvalue weighted by Crippen LogP contribution is -2.16. The summed E-state index contributed by atoms with van der Waals surface area (Å²) < 4.78 is 9.78. The van der Waals surface area contributed by atoms with Crippen molar-refractivity contribution in [3.63, 3.8) is 0 Å². The second kappa shape index (κ2) is 7.31. The van der Waals surface area contributed by atoms with Crippen LogP contribution in [-0.4, -0.2) is 30.1 Å². The molecule has 0 aromatic carbocycles. The number of rotatable bonds is 6. The van der Waals surface area contributed by atoms with Crippen LogP contribution in [0.2, 0.25) is 0 Å². The average molecular weight is 263 g/mol. The Kier molecular flexibility index (Phi) is 5.73. The van der Waals surface area contributed by atoms with Gasteiger partial charge in [0.2, 0.25) is 0 Å². The van der Waals surface area contributed by atoms with Gasteiger partial charge >= 0.3 is 11.9 Å². The zero-order valence-corrected chi connectivity index (χ0v) is 11.1. The summed E-state index contributed by atoms with van der Waals surface area (Å²) in [4.78, 5) is 27.6. The quantitative estimate of drug-likeness (QED) is 0.581. The average Bonchev–Trinajstić information content (AvgIpc) is 2.39. The van der Waals surface area contributed by atoms with Crippen LogP contribution in [0.4, 0.5) is 0 Å². The zero-order chi connectivity index (χ0) is 14.3. The molecule has 1 aromatic rings. The van der Waals surface area contributed by atoms with E-state index >= 15 is 0 Å². The monoisotopic (exact) mass is 263 g/mol. The van der Waals surface area contributed by atoms with Crippen molar-refractivity contribution in [1.29, 1.82) is 0 Å². The van der Waals surface area contributed by atoms with Gasteiger partial charge in [-0.3, -0.25) is 0 Å². The van der Waals surface area contributed by atoms with Crippen LogP contribution in [0.15, 0.2) is 24.9 Å². The van der Waals surface area contributed by atoms with Gasteiger partial charge in [0.05, 0.1) is 18.8 Å². The van der Waals surface area contributed by atoms with E-state index in [0.717, 1.165) is 5.56 Å². The van der Waals surface area contributed by atoms with Crippen molar-refractivity contribution in [2.75, 3.05) is 13.2 Å². The van der Waals surface area contributed by atoms with Crippen molar-refractivity contribution in [2.45, 2.75) is 20.3 Å². The topological polar surface area (TPSA) is 65.5 Å². The Hall–Kier alpha value is -2.17. The highest BCUT2D eigenvalue weighted by Gasteiger charge is 2.21. The number of aromatic nitrogens is 1. The maximum atomic E-state index is 11.8. The largest absolute Gasteiger partial charge is 0.462 e. The van der Waals surface area contributed by atoms with Gasteiger partial charge in [-0.05, 0) is 31.9 Å². The molecule has 0 bridgehead atoms. The molecule has 0 aliphatic carbocycles. The molecule has 102 valence electrons. The van der Waals surface area contributed by atoms with Crippen LogP contribution in [0, 0.1) is 0 Å². The minimum absolute atomic E-state index is 0.0203. The number of esters is 2. The molecule has 0 saturated carbocycles. The van der Waals surface area contributed by atoms with Gasteiger partial charge in [-0.1, -0.05) is 6.08 Å². The molecule has 1 heterocycles. The summed E-state index contributed by atoms with van der Waals surface area (Å²) >= 11 is 0. The first-order valence-corrected chi connectivity index (χ1v) is 6.08. The molecule has 1 rings (SSSR count). The second-order valence-electron chi connectivity index (χ2n) is 3.67. The first-order valence-electron chi connectivity index (χ1n) is 6.08. The normalized spacial score (nSPS) is 9.79. The number of hydrogen-bond acceptors (Lipinski definition) is 5. The smallest absolute Gasteiger partial charge is 0.357 e. The van der Waals surface area contributed by atoms with Gasteiger partial charge in [0, 0.05) is 6.20 Å². The summed E-state index contributed by atoms with van der Waals surface area (Å²) in [5.74, 6) is -1.21. The fraction of sp³-hybridized carbons (Fsp3) is 0.357. The highest BCUT2D eigenvalue weighted by Crippen LogP contribution is 2.13. The van der Waals surface area contributed by atoms with Crippen LogP contribution in [0.1, 0.15) is 40.3 Å². The lowest BCUT2D eigenvalue weighted by Gasteiger charge is -2.08. The molecule has 0 spiro atoms. The van der Waals surface area contributed by atoms with E-state index in [1.807, 2.05) is 0 Å². The Balaban J connectivity index is 3.17. The first-order chi connectivity index (χ1) is 9.13. The van der Waals surface area contributed by atoms with E-state index in [9.17, 15) is 9.59 Å². The van der Waals surface area contributed by atoms with Crippen molar-refractivity contribution in [3.8, 4) is 0 Å². The fourth-order valence-corrected chi connectivity index (χ4v) is 1.51. The third kappa shape index (κ3) is 3.91. The molecule has 0 aliphatic rings. The SMILES string of the molecule is C=CCc1cnc(C(=O)OCC)c(C(=O)OCC)c1. The van der Waals surface area contributed by atoms with E-state index in [-0.39, 0.29) is 24.5 Å². The minimum Gasteiger partial charge on any atom is -0.462 e. The molecule has 0 radical (unpaired) electrons. The Morgan fingerprint density at radius 3 is 2.47 bits per heavy atom. The molecule has 0 fully saturated rings. The summed E-state index contributed by atoms with van der Waals surface area (Å²) in [7, 11) is 0. The van der Waals surface area contributed by atoms with E-state index in [2.05, 4.69) is 11.6 Å². The van der Waals surface area contributed by atoms with Gasteiger partial charge in [0.25, 0.3) is 0 Å². The minimum atomic E-state index is -0.629. The summed E-state index contributed by atoms with van der Waals surface area (Å²) in [6.45, 7) is 7.45. The van der Waals surface area contributed by atoms with E-state index in [4.69, 9.17) is 9.47 Å². The van der Waals surface area contributed by atoms with Crippen LogP contribution in [0.5, 0.6) is 0 Å². The van der Waals surface area contributed by atoms with Crippen molar-refractivity contribution >= 4 is 11.9 Å². The molecule has 0 amide bonds. The Morgan fingerprint density at radius 2 is 1.89 bits per heavy atom. The fourth-order valence-electron chi connectivity index (χ4n) is 1.51.